The molecule has 1 N–H and O–H groups in total. The van der Waals surface area contributed by atoms with Gasteiger partial charge in [0.05, 0.1) is 39.3 Å². The van der Waals surface area contributed by atoms with Crippen molar-refractivity contribution in [2.45, 2.75) is 12.8 Å². The minimum absolute atomic E-state index is 0.0394. The number of carbonyl (C=O) groups excluding carboxylic acids is 2. The summed E-state index contributed by atoms with van der Waals surface area (Å²) in [6.45, 7) is 1.10. The molecule has 0 aliphatic heterocycles. The first kappa shape index (κ1) is 16.8. The molecular formula is C11H20O7. The molecule has 0 amide bonds. The second-order valence-corrected chi connectivity index (χ2v) is 3.27. The van der Waals surface area contributed by atoms with Crippen molar-refractivity contribution in [2.75, 3.05) is 46.8 Å². The number of hydrogen-bond donors (Lipinski definition) is 1. The van der Waals surface area contributed by atoms with Crippen LogP contribution in [0.4, 0.5) is 0 Å². The van der Waals surface area contributed by atoms with E-state index in [9.17, 15) is 9.59 Å². The van der Waals surface area contributed by atoms with Gasteiger partial charge >= 0.3 is 11.9 Å². The van der Waals surface area contributed by atoms with Gasteiger partial charge in [-0.05, 0) is 0 Å². The molecule has 106 valence electrons. The zero-order valence-electron chi connectivity index (χ0n) is 10.6. The molecule has 0 radical (unpaired) electrons. The van der Waals surface area contributed by atoms with E-state index in [1.807, 2.05) is 0 Å². The van der Waals surface area contributed by atoms with E-state index in [2.05, 4.69) is 4.74 Å². The van der Waals surface area contributed by atoms with Gasteiger partial charge in [0.15, 0.2) is 0 Å². The molecule has 0 aromatic carbocycles. The lowest BCUT2D eigenvalue weighted by molar-refractivity contribution is -0.151. The summed E-state index contributed by atoms with van der Waals surface area (Å²) < 4.78 is 19.2. The van der Waals surface area contributed by atoms with Crippen LogP contribution in [0.1, 0.15) is 12.8 Å². The maximum atomic E-state index is 11.2. The summed E-state index contributed by atoms with van der Waals surface area (Å²) in [7, 11) is 1.57. The summed E-state index contributed by atoms with van der Waals surface area (Å²) in [5.41, 5.74) is 0. The fraction of sp³-hybridized carbons (Fsp3) is 0.818. The number of hydrogen-bond acceptors (Lipinski definition) is 7. The Bertz CT molecular complexity index is 229. The van der Waals surface area contributed by atoms with Crippen LogP contribution in [0.5, 0.6) is 0 Å². The van der Waals surface area contributed by atoms with E-state index in [0.717, 1.165) is 0 Å². The molecular weight excluding hydrogens is 244 g/mol. The molecule has 0 saturated heterocycles. The van der Waals surface area contributed by atoms with Gasteiger partial charge in [-0.3, -0.25) is 9.59 Å². The molecule has 18 heavy (non-hydrogen) atoms. The molecule has 0 atom stereocenters. The van der Waals surface area contributed by atoms with Crippen LogP contribution in [0, 0.1) is 0 Å². The average molecular weight is 264 g/mol. The SMILES string of the molecule is COCCOCCOC(=O)CCC(=O)OCCO. The van der Waals surface area contributed by atoms with Crippen LogP contribution < -0.4 is 0 Å². The van der Waals surface area contributed by atoms with Gasteiger partial charge in [0.1, 0.15) is 13.2 Å². The normalized spacial score (nSPS) is 10.1. The van der Waals surface area contributed by atoms with Crippen LogP contribution in [0.15, 0.2) is 0 Å². The van der Waals surface area contributed by atoms with Crippen molar-refractivity contribution in [1.29, 1.82) is 0 Å². The second-order valence-electron chi connectivity index (χ2n) is 3.27. The Kier molecular flexibility index (Phi) is 11.5. The van der Waals surface area contributed by atoms with Gasteiger partial charge in [-0.15, -0.1) is 0 Å². The van der Waals surface area contributed by atoms with E-state index >= 15 is 0 Å². The first-order valence-electron chi connectivity index (χ1n) is 5.69. The van der Waals surface area contributed by atoms with Crippen molar-refractivity contribution in [3.8, 4) is 0 Å². The third-order valence-corrected chi connectivity index (χ3v) is 1.81. The molecule has 7 nitrogen and oxygen atoms in total. The molecule has 0 fully saturated rings. The Hall–Kier alpha value is -1.18. The van der Waals surface area contributed by atoms with E-state index in [-0.39, 0.29) is 32.7 Å². The number of aliphatic hydroxyl groups excluding tert-OH is 1. The molecule has 0 spiro atoms. The molecule has 0 saturated carbocycles. The number of carbonyl (C=O) groups is 2. The van der Waals surface area contributed by atoms with E-state index in [1.54, 1.807) is 7.11 Å². The molecule has 0 rings (SSSR count). The van der Waals surface area contributed by atoms with Crippen molar-refractivity contribution >= 4 is 11.9 Å². The second kappa shape index (κ2) is 12.3. The van der Waals surface area contributed by atoms with Crippen molar-refractivity contribution < 1.29 is 33.6 Å². The lowest BCUT2D eigenvalue weighted by Crippen LogP contribution is -2.15. The summed E-state index contributed by atoms with van der Waals surface area (Å²) in [5.74, 6) is -1.01. The largest absolute Gasteiger partial charge is 0.463 e. The molecule has 0 bridgehead atoms. The molecule has 0 aliphatic carbocycles. The third kappa shape index (κ3) is 11.3. The zero-order valence-corrected chi connectivity index (χ0v) is 10.6. The number of rotatable bonds is 11. The van der Waals surface area contributed by atoms with Crippen LogP contribution in [0.25, 0.3) is 0 Å². The van der Waals surface area contributed by atoms with Gasteiger partial charge in [-0.2, -0.15) is 0 Å². The topological polar surface area (TPSA) is 91.3 Å². The molecule has 7 heteroatoms. The smallest absolute Gasteiger partial charge is 0.306 e. The Morgan fingerprint density at radius 1 is 0.889 bits per heavy atom. The van der Waals surface area contributed by atoms with Gasteiger partial charge in [-0.25, -0.2) is 0 Å². The van der Waals surface area contributed by atoms with Gasteiger partial charge in [0.2, 0.25) is 0 Å². The van der Waals surface area contributed by atoms with Gasteiger partial charge < -0.3 is 24.1 Å². The molecule has 0 aromatic rings. The van der Waals surface area contributed by atoms with Crippen molar-refractivity contribution in [1.82, 2.24) is 0 Å². The van der Waals surface area contributed by atoms with Crippen LogP contribution in [-0.2, 0) is 28.5 Å². The predicted molar refractivity (Wildman–Crippen MR) is 60.9 cm³/mol. The Labute approximate surface area is 106 Å². The Balaban J connectivity index is 3.34. The minimum Gasteiger partial charge on any atom is -0.463 e. The zero-order chi connectivity index (χ0) is 13.6. The van der Waals surface area contributed by atoms with Gasteiger partial charge in [-0.1, -0.05) is 0 Å². The highest BCUT2D eigenvalue weighted by atomic mass is 16.6. The van der Waals surface area contributed by atoms with Crippen molar-refractivity contribution in [3.05, 3.63) is 0 Å². The van der Waals surface area contributed by atoms with Crippen LogP contribution in [0.3, 0.4) is 0 Å². The maximum Gasteiger partial charge on any atom is 0.306 e. The van der Waals surface area contributed by atoms with Gasteiger partial charge in [0.25, 0.3) is 0 Å². The van der Waals surface area contributed by atoms with E-state index in [0.29, 0.717) is 19.8 Å². The lowest BCUT2D eigenvalue weighted by Gasteiger charge is -2.06. The standard InChI is InChI=1S/C11H20O7/c1-15-6-7-16-8-9-18-11(14)3-2-10(13)17-5-4-12/h12H,2-9H2,1H3. The van der Waals surface area contributed by atoms with Gasteiger partial charge in [0, 0.05) is 7.11 Å². The molecule has 0 aromatic heterocycles. The predicted octanol–water partition coefficient (Wildman–Crippen LogP) is -0.492. The monoisotopic (exact) mass is 264 g/mol. The van der Waals surface area contributed by atoms with E-state index < -0.39 is 11.9 Å². The first-order chi connectivity index (χ1) is 8.70. The number of methoxy groups -OCH3 is 1. The minimum atomic E-state index is -0.530. The third-order valence-electron chi connectivity index (χ3n) is 1.81. The fourth-order valence-corrected chi connectivity index (χ4v) is 0.967. The summed E-state index contributed by atoms with van der Waals surface area (Å²) in [6.07, 6.45) is -0.0916. The van der Waals surface area contributed by atoms with Crippen molar-refractivity contribution in [2.24, 2.45) is 0 Å². The molecule has 0 unspecified atom stereocenters. The number of aliphatic hydroxyl groups is 1. The number of ether oxygens (including phenoxy) is 4. The maximum absolute atomic E-state index is 11.2. The van der Waals surface area contributed by atoms with Crippen LogP contribution in [-0.4, -0.2) is 63.8 Å². The van der Waals surface area contributed by atoms with Crippen molar-refractivity contribution in [3.63, 3.8) is 0 Å². The molecule has 0 aliphatic rings. The average Bonchev–Trinajstić information content (AvgIpc) is 2.38. The summed E-state index contributed by atoms with van der Waals surface area (Å²) in [5, 5.41) is 8.41. The Morgan fingerprint density at radius 2 is 1.44 bits per heavy atom. The van der Waals surface area contributed by atoms with Crippen LogP contribution >= 0.6 is 0 Å². The fourth-order valence-electron chi connectivity index (χ4n) is 0.967. The summed E-state index contributed by atoms with van der Waals surface area (Å²) in [6, 6.07) is 0. The highest BCUT2D eigenvalue weighted by Crippen LogP contribution is 1.96. The lowest BCUT2D eigenvalue weighted by atomic mass is 10.3. The Morgan fingerprint density at radius 3 is 2.00 bits per heavy atom. The van der Waals surface area contributed by atoms with E-state index in [1.165, 1.54) is 0 Å². The molecule has 0 heterocycles. The highest BCUT2D eigenvalue weighted by molar-refractivity contribution is 5.77. The first-order valence-corrected chi connectivity index (χ1v) is 5.69. The quantitative estimate of drug-likeness (QED) is 0.397. The van der Waals surface area contributed by atoms with Crippen LogP contribution in [0.2, 0.25) is 0 Å². The summed E-state index contributed by atoms with van der Waals surface area (Å²) in [4.78, 5) is 22.1. The van der Waals surface area contributed by atoms with E-state index in [4.69, 9.17) is 19.3 Å². The summed E-state index contributed by atoms with van der Waals surface area (Å²) >= 11 is 0. The highest BCUT2D eigenvalue weighted by Gasteiger charge is 2.08. The number of esters is 2.